The third kappa shape index (κ3) is 4.87. The van der Waals surface area contributed by atoms with Gasteiger partial charge in [0.2, 0.25) is 15.9 Å². The molecule has 2 aromatic rings. The van der Waals surface area contributed by atoms with Crippen molar-refractivity contribution < 1.29 is 27.5 Å². The fraction of sp³-hybridized carbons (Fsp3) is 0.429. The fourth-order valence-corrected chi connectivity index (χ4v) is 6.49. The smallest absolute Gasteiger partial charge is 0.341 e. The minimum Gasteiger partial charge on any atom is -0.495 e. The van der Waals surface area contributed by atoms with Gasteiger partial charge in [-0.05, 0) is 56.4 Å². The number of amides is 1. The first-order valence-electron chi connectivity index (χ1n) is 9.95. The highest BCUT2D eigenvalue weighted by atomic mass is 35.5. The Morgan fingerprint density at radius 2 is 1.91 bits per heavy atom. The normalized spacial score (nSPS) is 14.3. The molecule has 3 rings (SSSR count). The molecule has 1 aliphatic rings. The summed E-state index contributed by atoms with van der Waals surface area (Å²) in [6.07, 6.45) is 4.55. The molecule has 11 heteroatoms. The zero-order valence-corrected chi connectivity index (χ0v) is 20.6. The van der Waals surface area contributed by atoms with E-state index in [9.17, 15) is 18.0 Å². The van der Waals surface area contributed by atoms with Gasteiger partial charge in [-0.25, -0.2) is 13.2 Å². The van der Waals surface area contributed by atoms with E-state index in [0.29, 0.717) is 16.3 Å². The molecule has 1 aliphatic carbocycles. The van der Waals surface area contributed by atoms with Crippen molar-refractivity contribution in [2.45, 2.75) is 38.6 Å². The number of fused-ring (bicyclic) bond motifs is 1. The number of sulfonamides is 1. The lowest BCUT2D eigenvalue weighted by atomic mass is 9.95. The second-order valence-corrected chi connectivity index (χ2v) is 10.8. The molecule has 1 heterocycles. The third-order valence-electron chi connectivity index (χ3n) is 5.28. The molecule has 32 heavy (non-hydrogen) atoms. The average molecular weight is 501 g/mol. The number of carbonyl (C=O) groups excluding carboxylic acids is 2. The number of esters is 1. The maximum Gasteiger partial charge on any atom is 0.341 e. The van der Waals surface area contributed by atoms with Crippen LogP contribution < -0.4 is 14.4 Å². The van der Waals surface area contributed by atoms with Crippen LogP contribution in [0.25, 0.3) is 0 Å². The number of benzene rings is 1. The second kappa shape index (κ2) is 9.68. The summed E-state index contributed by atoms with van der Waals surface area (Å²) in [5, 5.41) is 3.35. The van der Waals surface area contributed by atoms with Gasteiger partial charge in [-0.15, -0.1) is 11.3 Å². The van der Waals surface area contributed by atoms with E-state index in [2.05, 4.69) is 5.32 Å². The molecule has 0 radical (unpaired) electrons. The topological polar surface area (TPSA) is 102 Å². The van der Waals surface area contributed by atoms with Crippen molar-refractivity contribution in [1.29, 1.82) is 0 Å². The standard InChI is InChI=1S/C21H25ClN2O6S2/c1-12(24(32(4,27)28)13-9-10-16(29-2)15(22)11-13)19(25)23-20-18(21(26)30-3)14-7-5-6-8-17(14)31-20/h9-12H,5-8H2,1-4H3,(H,23,25)/t12-/m1/s1. The summed E-state index contributed by atoms with van der Waals surface area (Å²) >= 11 is 7.51. The van der Waals surface area contributed by atoms with Gasteiger partial charge in [-0.1, -0.05) is 11.6 Å². The molecule has 0 fully saturated rings. The molecule has 0 saturated heterocycles. The van der Waals surface area contributed by atoms with Crippen LogP contribution in [0.4, 0.5) is 10.7 Å². The zero-order chi connectivity index (χ0) is 23.6. The maximum atomic E-state index is 13.1. The molecule has 0 bridgehead atoms. The van der Waals surface area contributed by atoms with Crippen molar-refractivity contribution in [1.82, 2.24) is 0 Å². The number of thiophene rings is 1. The molecule has 1 N–H and O–H groups in total. The number of methoxy groups -OCH3 is 2. The summed E-state index contributed by atoms with van der Waals surface area (Å²) in [4.78, 5) is 26.6. The molecule has 1 aromatic carbocycles. The number of nitrogens with one attached hydrogen (secondary N) is 1. The van der Waals surface area contributed by atoms with Crippen LogP contribution in [-0.4, -0.2) is 46.8 Å². The van der Waals surface area contributed by atoms with Gasteiger partial charge in [0.05, 0.1) is 36.7 Å². The number of hydrogen-bond acceptors (Lipinski definition) is 7. The predicted molar refractivity (Wildman–Crippen MR) is 126 cm³/mol. The second-order valence-electron chi connectivity index (χ2n) is 7.45. The van der Waals surface area contributed by atoms with E-state index in [1.165, 1.54) is 50.7 Å². The van der Waals surface area contributed by atoms with Crippen LogP contribution in [0.5, 0.6) is 5.75 Å². The van der Waals surface area contributed by atoms with E-state index >= 15 is 0 Å². The van der Waals surface area contributed by atoms with Gasteiger partial charge in [-0.2, -0.15) is 0 Å². The van der Waals surface area contributed by atoms with Crippen molar-refractivity contribution in [2.24, 2.45) is 0 Å². The Kier molecular flexibility index (Phi) is 7.36. The first-order valence-corrected chi connectivity index (χ1v) is 13.0. The van der Waals surface area contributed by atoms with Crippen LogP contribution in [0.2, 0.25) is 5.02 Å². The molecule has 0 spiro atoms. The summed E-state index contributed by atoms with van der Waals surface area (Å²) in [5.41, 5.74) is 1.48. The Morgan fingerprint density at radius 1 is 1.22 bits per heavy atom. The number of rotatable bonds is 7. The van der Waals surface area contributed by atoms with E-state index in [1.54, 1.807) is 0 Å². The van der Waals surface area contributed by atoms with Crippen molar-refractivity contribution in [3.05, 3.63) is 39.2 Å². The minimum atomic E-state index is -3.84. The Bertz CT molecular complexity index is 1150. The van der Waals surface area contributed by atoms with Gasteiger partial charge < -0.3 is 14.8 Å². The average Bonchev–Trinajstić information content (AvgIpc) is 3.10. The summed E-state index contributed by atoms with van der Waals surface area (Å²) in [6.45, 7) is 1.47. The zero-order valence-electron chi connectivity index (χ0n) is 18.2. The molecule has 8 nitrogen and oxygen atoms in total. The molecule has 0 saturated carbocycles. The SMILES string of the molecule is COC(=O)c1c(NC(=O)[C@@H](C)N(c2ccc(OC)c(Cl)c2)S(C)(=O)=O)sc2c1CCCC2. The number of ether oxygens (including phenoxy) is 2. The molecule has 1 amide bonds. The first kappa shape index (κ1) is 24.3. The lowest BCUT2D eigenvalue weighted by molar-refractivity contribution is -0.116. The van der Waals surface area contributed by atoms with Gasteiger partial charge in [0.1, 0.15) is 16.8 Å². The van der Waals surface area contributed by atoms with Crippen LogP contribution in [0.15, 0.2) is 18.2 Å². The Labute approximate surface area is 196 Å². The highest BCUT2D eigenvalue weighted by Crippen LogP contribution is 2.39. The number of halogens is 1. The van der Waals surface area contributed by atoms with Gasteiger partial charge in [-0.3, -0.25) is 9.10 Å². The summed E-state index contributed by atoms with van der Waals surface area (Å²) in [6, 6.07) is 3.36. The molecule has 1 atom stereocenters. The lowest BCUT2D eigenvalue weighted by Gasteiger charge is -2.28. The van der Waals surface area contributed by atoms with Gasteiger partial charge in [0.15, 0.2) is 0 Å². The highest BCUT2D eigenvalue weighted by Gasteiger charge is 2.32. The first-order chi connectivity index (χ1) is 15.1. The van der Waals surface area contributed by atoms with Gasteiger partial charge >= 0.3 is 5.97 Å². The monoisotopic (exact) mass is 500 g/mol. The quantitative estimate of drug-likeness (QED) is 0.579. The van der Waals surface area contributed by atoms with E-state index in [1.807, 2.05) is 0 Å². The number of nitrogens with zero attached hydrogens (tertiary/aromatic N) is 1. The third-order valence-corrected chi connectivity index (χ3v) is 8.02. The van der Waals surface area contributed by atoms with E-state index in [4.69, 9.17) is 21.1 Å². The summed E-state index contributed by atoms with van der Waals surface area (Å²) < 4.78 is 36.2. The number of hydrogen-bond donors (Lipinski definition) is 1. The highest BCUT2D eigenvalue weighted by molar-refractivity contribution is 7.92. The van der Waals surface area contributed by atoms with E-state index < -0.39 is 27.9 Å². The molecule has 0 unspecified atom stereocenters. The minimum absolute atomic E-state index is 0.213. The van der Waals surface area contributed by atoms with Gasteiger partial charge in [0, 0.05) is 4.88 Å². The van der Waals surface area contributed by atoms with Crippen molar-refractivity contribution in [3.8, 4) is 5.75 Å². The molecule has 1 aromatic heterocycles. The molecular formula is C21H25ClN2O6S2. The summed E-state index contributed by atoms with van der Waals surface area (Å²) in [5.74, 6) is -0.715. The predicted octanol–water partition coefficient (Wildman–Crippen LogP) is 3.87. The van der Waals surface area contributed by atoms with Crippen LogP contribution in [-0.2, 0) is 32.4 Å². The number of aryl methyl sites for hydroxylation is 1. The van der Waals surface area contributed by atoms with E-state index in [-0.39, 0.29) is 10.7 Å². The Hall–Kier alpha value is -2.30. The van der Waals surface area contributed by atoms with E-state index in [0.717, 1.165) is 46.7 Å². The van der Waals surface area contributed by atoms with Crippen molar-refractivity contribution in [3.63, 3.8) is 0 Å². The van der Waals surface area contributed by atoms with Crippen molar-refractivity contribution >= 4 is 55.5 Å². The Morgan fingerprint density at radius 3 is 2.50 bits per heavy atom. The molecular weight excluding hydrogens is 476 g/mol. The molecule has 174 valence electrons. The van der Waals surface area contributed by atoms with Crippen LogP contribution in [0, 0.1) is 0 Å². The maximum absolute atomic E-state index is 13.1. The summed E-state index contributed by atoms with van der Waals surface area (Å²) in [7, 11) is -1.10. The van der Waals surface area contributed by atoms with Crippen LogP contribution in [0.3, 0.4) is 0 Å². The Balaban J connectivity index is 1.95. The van der Waals surface area contributed by atoms with Gasteiger partial charge in [0.25, 0.3) is 0 Å². The number of anilines is 2. The lowest BCUT2D eigenvalue weighted by Crippen LogP contribution is -2.45. The fourth-order valence-electron chi connectivity index (χ4n) is 3.79. The molecule has 0 aliphatic heterocycles. The van der Waals surface area contributed by atoms with Crippen LogP contribution >= 0.6 is 22.9 Å². The van der Waals surface area contributed by atoms with Crippen molar-refractivity contribution in [2.75, 3.05) is 30.1 Å². The number of carbonyl (C=O) groups is 2. The largest absolute Gasteiger partial charge is 0.495 e. The van der Waals surface area contributed by atoms with Crippen LogP contribution in [0.1, 0.15) is 40.6 Å².